The molecule has 0 atom stereocenters. The van der Waals surface area contributed by atoms with Gasteiger partial charge in [0, 0.05) is 28.0 Å². The normalized spacial score (nSPS) is 12.4. The minimum atomic E-state index is -0.144. The third-order valence-electron chi connectivity index (χ3n) is 4.16. The Bertz CT molecular complexity index is 926. The second-order valence-corrected chi connectivity index (χ2v) is 7.16. The molecule has 0 saturated carbocycles. The van der Waals surface area contributed by atoms with Crippen molar-refractivity contribution < 1.29 is 14.3 Å². The van der Waals surface area contributed by atoms with Crippen LogP contribution in [0.1, 0.15) is 15.9 Å². The summed E-state index contributed by atoms with van der Waals surface area (Å²) in [7, 11) is 0. The van der Waals surface area contributed by atoms with Gasteiger partial charge in [0.05, 0.1) is 0 Å². The maximum Gasteiger partial charge on any atom is 0.255 e. The van der Waals surface area contributed by atoms with Crippen LogP contribution in [0.3, 0.4) is 0 Å². The quantitative estimate of drug-likeness (QED) is 0.636. The Balaban J connectivity index is 1.37. The molecule has 1 heterocycles. The highest BCUT2D eigenvalue weighted by Crippen LogP contribution is 2.32. The molecule has 4 nitrogen and oxygen atoms in total. The number of carbonyl (C=O) groups excluding carboxylic acids is 1. The van der Waals surface area contributed by atoms with Crippen LogP contribution in [0.4, 0.5) is 5.69 Å². The SMILES string of the molecule is O=C(Nc1ccc2c(c1)OCCO2)c1ccc(CSc2ccccc2)cc1. The van der Waals surface area contributed by atoms with Gasteiger partial charge in [0.1, 0.15) is 13.2 Å². The molecule has 0 unspecified atom stereocenters. The second-order valence-electron chi connectivity index (χ2n) is 6.11. The van der Waals surface area contributed by atoms with Crippen molar-refractivity contribution in [1.29, 1.82) is 0 Å². The fourth-order valence-corrected chi connectivity index (χ4v) is 3.64. The van der Waals surface area contributed by atoms with Gasteiger partial charge in [-0.3, -0.25) is 4.79 Å². The van der Waals surface area contributed by atoms with Gasteiger partial charge >= 0.3 is 0 Å². The zero-order valence-corrected chi connectivity index (χ0v) is 15.5. The summed E-state index contributed by atoms with van der Waals surface area (Å²) in [5.41, 5.74) is 2.49. The number of rotatable bonds is 5. The third kappa shape index (κ3) is 4.44. The average molecular weight is 377 g/mol. The van der Waals surface area contributed by atoms with Gasteiger partial charge in [0.25, 0.3) is 5.91 Å². The van der Waals surface area contributed by atoms with Crippen LogP contribution in [0.15, 0.2) is 77.7 Å². The van der Waals surface area contributed by atoms with Crippen LogP contribution in [0.2, 0.25) is 0 Å². The number of benzene rings is 3. The zero-order chi connectivity index (χ0) is 18.5. The van der Waals surface area contributed by atoms with Crippen molar-refractivity contribution in [3.63, 3.8) is 0 Å². The molecule has 1 amide bonds. The van der Waals surface area contributed by atoms with Crippen molar-refractivity contribution in [2.45, 2.75) is 10.6 Å². The third-order valence-corrected chi connectivity index (χ3v) is 5.25. The van der Waals surface area contributed by atoms with E-state index in [-0.39, 0.29) is 5.91 Å². The number of carbonyl (C=O) groups is 1. The van der Waals surface area contributed by atoms with Crippen LogP contribution < -0.4 is 14.8 Å². The van der Waals surface area contributed by atoms with Crippen molar-refractivity contribution in [2.75, 3.05) is 18.5 Å². The smallest absolute Gasteiger partial charge is 0.255 e. The van der Waals surface area contributed by atoms with Gasteiger partial charge in [-0.25, -0.2) is 0 Å². The molecule has 4 rings (SSSR count). The molecule has 0 saturated heterocycles. The summed E-state index contributed by atoms with van der Waals surface area (Å²) in [6.07, 6.45) is 0. The first-order valence-corrected chi connectivity index (χ1v) is 9.74. The molecule has 0 spiro atoms. The fraction of sp³-hybridized carbons (Fsp3) is 0.136. The van der Waals surface area contributed by atoms with Crippen LogP contribution in [0.25, 0.3) is 0 Å². The summed E-state index contributed by atoms with van der Waals surface area (Å²) in [4.78, 5) is 13.7. The van der Waals surface area contributed by atoms with E-state index in [9.17, 15) is 4.79 Å². The summed E-state index contributed by atoms with van der Waals surface area (Å²) in [6, 6.07) is 23.4. The highest BCUT2D eigenvalue weighted by atomic mass is 32.2. The van der Waals surface area contributed by atoms with E-state index in [2.05, 4.69) is 17.4 Å². The molecule has 3 aromatic rings. The number of anilines is 1. The molecule has 0 radical (unpaired) electrons. The van der Waals surface area contributed by atoms with E-state index < -0.39 is 0 Å². The monoisotopic (exact) mass is 377 g/mol. The Labute approximate surface area is 162 Å². The maximum absolute atomic E-state index is 12.5. The number of fused-ring (bicyclic) bond motifs is 1. The van der Waals surface area contributed by atoms with Crippen molar-refractivity contribution in [1.82, 2.24) is 0 Å². The van der Waals surface area contributed by atoms with E-state index in [1.54, 1.807) is 17.8 Å². The van der Waals surface area contributed by atoms with Crippen molar-refractivity contribution >= 4 is 23.4 Å². The Morgan fingerprint density at radius 2 is 1.63 bits per heavy atom. The molecule has 0 bridgehead atoms. The fourth-order valence-electron chi connectivity index (χ4n) is 2.76. The van der Waals surface area contributed by atoms with Crippen LogP contribution in [-0.2, 0) is 5.75 Å². The van der Waals surface area contributed by atoms with Gasteiger partial charge in [-0.15, -0.1) is 11.8 Å². The molecule has 5 heteroatoms. The molecule has 1 aliphatic heterocycles. The first-order valence-electron chi connectivity index (χ1n) is 8.76. The lowest BCUT2D eigenvalue weighted by Crippen LogP contribution is -2.16. The zero-order valence-electron chi connectivity index (χ0n) is 14.7. The minimum Gasteiger partial charge on any atom is -0.486 e. The summed E-state index contributed by atoms with van der Waals surface area (Å²) in [5, 5.41) is 2.91. The van der Waals surface area contributed by atoms with E-state index in [1.807, 2.05) is 54.6 Å². The molecule has 3 aromatic carbocycles. The predicted octanol–water partition coefficient (Wildman–Crippen LogP) is 5.00. The Kier molecular flexibility index (Phi) is 5.30. The standard InChI is InChI=1S/C22H19NO3S/c24-22(23-18-10-11-20-21(14-18)26-13-12-25-20)17-8-6-16(7-9-17)15-27-19-4-2-1-3-5-19/h1-11,14H,12-13,15H2,(H,23,24). The number of hydrogen-bond donors (Lipinski definition) is 1. The molecule has 27 heavy (non-hydrogen) atoms. The largest absolute Gasteiger partial charge is 0.486 e. The van der Waals surface area contributed by atoms with Gasteiger partial charge in [-0.1, -0.05) is 30.3 Å². The molecule has 0 aliphatic carbocycles. The Hall–Kier alpha value is -2.92. The summed E-state index contributed by atoms with van der Waals surface area (Å²) in [5.74, 6) is 2.09. The Morgan fingerprint density at radius 1 is 0.889 bits per heavy atom. The van der Waals surface area contributed by atoms with Crippen LogP contribution in [-0.4, -0.2) is 19.1 Å². The van der Waals surface area contributed by atoms with Gasteiger partial charge in [-0.05, 0) is 42.0 Å². The number of hydrogen-bond acceptors (Lipinski definition) is 4. The highest BCUT2D eigenvalue weighted by molar-refractivity contribution is 7.98. The van der Waals surface area contributed by atoms with Crippen molar-refractivity contribution in [3.05, 3.63) is 83.9 Å². The summed E-state index contributed by atoms with van der Waals surface area (Å²) < 4.78 is 11.0. The molecule has 0 fully saturated rings. The van der Waals surface area contributed by atoms with Gasteiger partial charge in [0.2, 0.25) is 0 Å². The van der Waals surface area contributed by atoms with Crippen molar-refractivity contribution in [3.8, 4) is 11.5 Å². The molecule has 1 aliphatic rings. The average Bonchev–Trinajstić information content (AvgIpc) is 2.73. The maximum atomic E-state index is 12.5. The number of ether oxygens (including phenoxy) is 2. The number of amides is 1. The van der Waals surface area contributed by atoms with Crippen LogP contribution >= 0.6 is 11.8 Å². The summed E-state index contributed by atoms with van der Waals surface area (Å²) in [6.45, 7) is 1.07. The molecule has 0 aromatic heterocycles. The lowest BCUT2D eigenvalue weighted by Gasteiger charge is -2.19. The minimum absolute atomic E-state index is 0.144. The van der Waals surface area contributed by atoms with Crippen LogP contribution in [0.5, 0.6) is 11.5 Å². The predicted molar refractivity (Wildman–Crippen MR) is 108 cm³/mol. The molecular weight excluding hydrogens is 358 g/mol. The number of thioether (sulfide) groups is 1. The van der Waals surface area contributed by atoms with E-state index >= 15 is 0 Å². The molecular formula is C22H19NO3S. The van der Waals surface area contributed by atoms with Gasteiger partial charge < -0.3 is 14.8 Å². The highest BCUT2D eigenvalue weighted by Gasteiger charge is 2.13. The molecule has 136 valence electrons. The topological polar surface area (TPSA) is 47.6 Å². The van der Waals surface area contributed by atoms with Gasteiger partial charge in [0.15, 0.2) is 11.5 Å². The van der Waals surface area contributed by atoms with E-state index in [0.29, 0.717) is 36.0 Å². The lowest BCUT2D eigenvalue weighted by molar-refractivity contribution is 0.102. The van der Waals surface area contributed by atoms with Crippen LogP contribution in [0, 0.1) is 0 Å². The molecule has 1 N–H and O–H groups in total. The number of nitrogens with one attached hydrogen (secondary N) is 1. The van der Waals surface area contributed by atoms with E-state index in [4.69, 9.17) is 9.47 Å². The summed E-state index contributed by atoms with van der Waals surface area (Å²) >= 11 is 1.78. The Morgan fingerprint density at radius 3 is 2.41 bits per heavy atom. The van der Waals surface area contributed by atoms with E-state index in [0.717, 1.165) is 5.75 Å². The lowest BCUT2D eigenvalue weighted by atomic mass is 10.1. The van der Waals surface area contributed by atoms with Crippen molar-refractivity contribution in [2.24, 2.45) is 0 Å². The van der Waals surface area contributed by atoms with E-state index in [1.165, 1.54) is 10.5 Å². The first kappa shape index (κ1) is 17.5. The van der Waals surface area contributed by atoms with Gasteiger partial charge in [-0.2, -0.15) is 0 Å². The second kappa shape index (κ2) is 8.18. The first-order chi connectivity index (χ1) is 13.3.